The van der Waals surface area contributed by atoms with Gasteiger partial charge in [-0.15, -0.1) is 0 Å². The molecule has 7 heteroatoms. The molecular weight excluding hydrogens is 312 g/mol. The highest BCUT2D eigenvalue weighted by molar-refractivity contribution is 9.10. The van der Waals surface area contributed by atoms with Crippen LogP contribution in [0.4, 0.5) is 5.69 Å². The smallest absolute Gasteiger partial charge is 0.259 e. The van der Waals surface area contributed by atoms with Crippen molar-refractivity contribution in [1.29, 1.82) is 0 Å². The van der Waals surface area contributed by atoms with Gasteiger partial charge in [-0.25, -0.2) is 5.43 Å². The minimum atomic E-state index is -0.284. The Balaban J connectivity index is 2.42. The minimum absolute atomic E-state index is 0.105. The Morgan fingerprint density at radius 3 is 2.47 bits per heavy atom. The van der Waals surface area contributed by atoms with Crippen LogP contribution in [0.3, 0.4) is 0 Å². The fraction of sp³-hybridized carbons (Fsp3) is 0.250. The standard InChI is InChI=1S/C12H15BrN4O2/c1-8(9(2)17-19)15-16-12(18)7-14-11-5-3-10(13)4-6-11/h3-6,14,19H,7H2,1-2H3,(H,16,18)/b15-8+,17-9+. The van der Waals surface area contributed by atoms with E-state index in [0.29, 0.717) is 11.4 Å². The van der Waals surface area contributed by atoms with Crippen LogP contribution in [0, 0.1) is 0 Å². The molecule has 0 spiro atoms. The normalized spacial score (nSPS) is 12.2. The van der Waals surface area contributed by atoms with Crippen molar-refractivity contribution in [1.82, 2.24) is 5.43 Å². The van der Waals surface area contributed by atoms with Crippen molar-refractivity contribution in [3.63, 3.8) is 0 Å². The van der Waals surface area contributed by atoms with Crippen LogP contribution < -0.4 is 10.7 Å². The molecule has 0 radical (unpaired) electrons. The van der Waals surface area contributed by atoms with Crippen molar-refractivity contribution < 1.29 is 10.0 Å². The van der Waals surface area contributed by atoms with Gasteiger partial charge in [0.05, 0.1) is 18.0 Å². The number of carbonyl (C=O) groups excluding carboxylic acids is 1. The van der Waals surface area contributed by atoms with Crippen LogP contribution in [-0.4, -0.2) is 29.1 Å². The molecule has 0 saturated heterocycles. The first kappa shape index (κ1) is 15.2. The Morgan fingerprint density at radius 2 is 1.89 bits per heavy atom. The quantitative estimate of drug-likeness (QED) is 0.440. The third-order valence-electron chi connectivity index (χ3n) is 2.32. The lowest BCUT2D eigenvalue weighted by molar-refractivity contribution is -0.119. The summed E-state index contributed by atoms with van der Waals surface area (Å²) in [6.07, 6.45) is 0. The van der Waals surface area contributed by atoms with E-state index in [1.54, 1.807) is 13.8 Å². The third kappa shape index (κ3) is 5.52. The van der Waals surface area contributed by atoms with Gasteiger partial charge in [-0.1, -0.05) is 21.1 Å². The van der Waals surface area contributed by atoms with Crippen LogP contribution in [0.1, 0.15) is 13.8 Å². The van der Waals surface area contributed by atoms with Crippen molar-refractivity contribution in [2.45, 2.75) is 13.8 Å². The fourth-order valence-corrected chi connectivity index (χ4v) is 1.35. The molecule has 0 aliphatic heterocycles. The molecule has 6 nitrogen and oxygen atoms in total. The van der Waals surface area contributed by atoms with Gasteiger partial charge in [0.2, 0.25) is 0 Å². The van der Waals surface area contributed by atoms with Crippen molar-refractivity contribution >= 4 is 38.9 Å². The minimum Gasteiger partial charge on any atom is -0.411 e. The second kappa shape index (κ2) is 7.52. The fourth-order valence-electron chi connectivity index (χ4n) is 1.09. The average Bonchev–Trinajstić information content (AvgIpc) is 2.43. The van der Waals surface area contributed by atoms with Gasteiger partial charge in [0.1, 0.15) is 0 Å². The molecule has 0 aliphatic carbocycles. The van der Waals surface area contributed by atoms with E-state index in [2.05, 4.69) is 36.9 Å². The highest BCUT2D eigenvalue weighted by atomic mass is 79.9. The topological polar surface area (TPSA) is 86.1 Å². The van der Waals surface area contributed by atoms with Gasteiger partial charge < -0.3 is 10.5 Å². The van der Waals surface area contributed by atoms with Gasteiger partial charge in [0, 0.05) is 10.2 Å². The molecule has 0 aliphatic rings. The number of halogens is 1. The molecule has 0 unspecified atom stereocenters. The van der Waals surface area contributed by atoms with Gasteiger partial charge in [-0.05, 0) is 38.1 Å². The maximum atomic E-state index is 11.5. The van der Waals surface area contributed by atoms with E-state index >= 15 is 0 Å². The number of hydrogen-bond acceptors (Lipinski definition) is 5. The summed E-state index contributed by atoms with van der Waals surface area (Å²) in [5.74, 6) is -0.284. The van der Waals surface area contributed by atoms with Crippen molar-refractivity contribution in [2.24, 2.45) is 10.3 Å². The Labute approximate surface area is 119 Å². The summed E-state index contributed by atoms with van der Waals surface area (Å²) in [7, 11) is 0. The van der Waals surface area contributed by atoms with Crippen LogP contribution in [0.25, 0.3) is 0 Å². The Hall–Kier alpha value is -1.89. The molecule has 1 amide bonds. The summed E-state index contributed by atoms with van der Waals surface area (Å²) in [6.45, 7) is 3.33. The van der Waals surface area contributed by atoms with Gasteiger partial charge >= 0.3 is 0 Å². The van der Waals surface area contributed by atoms with E-state index in [1.807, 2.05) is 24.3 Å². The number of anilines is 1. The van der Waals surface area contributed by atoms with E-state index in [1.165, 1.54) is 0 Å². The number of amides is 1. The Morgan fingerprint density at radius 1 is 1.26 bits per heavy atom. The first-order chi connectivity index (χ1) is 9.02. The number of nitrogens with one attached hydrogen (secondary N) is 2. The number of oxime groups is 1. The van der Waals surface area contributed by atoms with E-state index in [4.69, 9.17) is 5.21 Å². The second-order valence-electron chi connectivity index (χ2n) is 3.78. The third-order valence-corrected chi connectivity index (χ3v) is 2.85. The first-order valence-electron chi connectivity index (χ1n) is 5.54. The molecule has 3 N–H and O–H groups in total. The molecule has 19 heavy (non-hydrogen) atoms. The maximum absolute atomic E-state index is 11.5. The van der Waals surface area contributed by atoms with Crippen LogP contribution >= 0.6 is 15.9 Å². The molecule has 0 heterocycles. The molecular formula is C12H15BrN4O2. The number of nitrogens with zero attached hydrogens (tertiary/aromatic N) is 2. The average molecular weight is 327 g/mol. The van der Waals surface area contributed by atoms with E-state index in [9.17, 15) is 4.79 Å². The summed E-state index contributed by atoms with van der Waals surface area (Å²) in [5.41, 5.74) is 4.00. The number of hydrazone groups is 1. The summed E-state index contributed by atoms with van der Waals surface area (Å²) in [6, 6.07) is 7.47. The lowest BCUT2D eigenvalue weighted by Gasteiger charge is -2.05. The van der Waals surface area contributed by atoms with Crippen molar-refractivity contribution in [3.05, 3.63) is 28.7 Å². The Kier molecular flexibility index (Phi) is 6.01. The molecule has 1 aromatic rings. The Bertz CT molecular complexity index is 497. The zero-order valence-corrected chi connectivity index (χ0v) is 12.2. The highest BCUT2D eigenvalue weighted by Gasteiger charge is 2.01. The largest absolute Gasteiger partial charge is 0.411 e. The summed E-state index contributed by atoms with van der Waals surface area (Å²) in [4.78, 5) is 11.5. The van der Waals surface area contributed by atoms with E-state index in [-0.39, 0.29) is 12.5 Å². The maximum Gasteiger partial charge on any atom is 0.259 e. The summed E-state index contributed by atoms with van der Waals surface area (Å²) in [5, 5.41) is 18.3. The predicted molar refractivity (Wildman–Crippen MR) is 78.8 cm³/mol. The first-order valence-corrected chi connectivity index (χ1v) is 6.34. The monoisotopic (exact) mass is 326 g/mol. The number of benzene rings is 1. The summed E-state index contributed by atoms with van der Waals surface area (Å²) < 4.78 is 0.974. The number of hydrogen-bond donors (Lipinski definition) is 3. The number of carbonyl (C=O) groups is 1. The molecule has 0 bridgehead atoms. The molecule has 1 rings (SSSR count). The highest BCUT2D eigenvalue weighted by Crippen LogP contribution is 2.13. The van der Waals surface area contributed by atoms with Gasteiger partial charge in [0.15, 0.2) is 0 Å². The van der Waals surface area contributed by atoms with Gasteiger partial charge in [0.25, 0.3) is 5.91 Å². The van der Waals surface area contributed by atoms with Crippen LogP contribution in [0.5, 0.6) is 0 Å². The molecule has 0 aromatic heterocycles. The SMILES string of the molecule is CC(=N\O)/C(C)=N/NC(=O)CNc1ccc(Br)cc1. The van der Waals surface area contributed by atoms with Crippen molar-refractivity contribution in [2.75, 3.05) is 11.9 Å². The zero-order chi connectivity index (χ0) is 14.3. The van der Waals surface area contributed by atoms with E-state index in [0.717, 1.165) is 10.2 Å². The zero-order valence-electron chi connectivity index (χ0n) is 10.6. The molecule has 102 valence electrons. The van der Waals surface area contributed by atoms with Crippen LogP contribution in [-0.2, 0) is 4.79 Å². The van der Waals surface area contributed by atoms with Crippen LogP contribution in [0.2, 0.25) is 0 Å². The molecule has 0 fully saturated rings. The lowest BCUT2D eigenvalue weighted by Crippen LogP contribution is -2.27. The number of rotatable bonds is 5. The molecule has 1 aromatic carbocycles. The molecule has 0 saturated carbocycles. The van der Waals surface area contributed by atoms with Gasteiger partial charge in [-0.2, -0.15) is 5.10 Å². The van der Waals surface area contributed by atoms with Gasteiger partial charge in [-0.3, -0.25) is 4.79 Å². The van der Waals surface area contributed by atoms with Crippen LogP contribution in [0.15, 0.2) is 39.0 Å². The van der Waals surface area contributed by atoms with E-state index < -0.39 is 0 Å². The summed E-state index contributed by atoms with van der Waals surface area (Å²) >= 11 is 3.33. The predicted octanol–water partition coefficient (Wildman–Crippen LogP) is 2.20. The van der Waals surface area contributed by atoms with Crippen molar-refractivity contribution in [3.8, 4) is 0 Å². The second-order valence-corrected chi connectivity index (χ2v) is 4.69. The lowest BCUT2D eigenvalue weighted by atomic mass is 10.3. The molecule has 0 atom stereocenters.